The van der Waals surface area contributed by atoms with Crippen LogP contribution in [0.3, 0.4) is 0 Å². The zero-order valence-electron chi connectivity index (χ0n) is 12.4. The predicted molar refractivity (Wildman–Crippen MR) is 87.6 cm³/mol. The average Bonchev–Trinajstić information content (AvgIpc) is 2.57. The Morgan fingerprint density at radius 3 is 2.62 bits per heavy atom. The van der Waals surface area contributed by atoms with Crippen LogP contribution < -0.4 is 10.1 Å². The van der Waals surface area contributed by atoms with E-state index in [0.717, 1.165) is 31.2 Å². The Balaban J connectivity index is 1.63. The van der Waals surface area contributed by atoms with E-state index in [4.69, 9.17) is 4.74 Å². The molecule has 1 heterocycles. The molecule has 1 aliphatic rings. The van der Waals surface area contributed by atoms with E-state index in [1.165, 1.54) is 30.5 Å². The van der Waals surface area contributed by atoms with Gasteiger partial charge in [-0.1, -0.05) is 48.5 Å². The highest BCUT2D eigenvalue weighted by atomic mass is 16.5. The molecule has 0 bridgehead atoms. The van der Waals surface area contributed by atoms with Crippen LogP contribution >= 0.6 is 0 Å². The van der Waals surface area contributed by atoms with Crippen LogP contribution in [0.1, 0.15) is 19.3 Å². The van der Waals surface area contributed by atoms with Gasteiger partial charge in [0.25, 0.3) is 0 Å². The second-order valence-corrected chi connectivity index (χ2v) is 5.71. The third kappa shape index (κ3) is 3.85. The van der Waals surface area contributed by atoms with Crippen LogP contribution in [0.25, 0.3) is 11.1 Å². The van der Waals surface area contributed by atoms with Crippen LogP contribution in [-0.2, 0) is 0 Å². The fourth-order valence-corrected chi connectivity index (χ4v) is 2.95. The van der Waals surface area contributed by atoms with E-state index >= 15 is 0 Å². The highest BCUT2D eigenvalue weighted by Crippen LogP contribution is 2.29. The summed E-state index contributed by atoms with van der Waals surface area (Å²) in [5.74, 6) is 1.76. The van der Waals surface area contributed by atoms with Crippen LogP contribution in [0.4, 0.5) is 0 Å². The quantitative estimate of drug-likeness (QED) is 0.890. The van der Waals surface area contributed by atoms with Crippen LogP contribution in [-0.4, -0.2) is 19.7 Å². The lowest BCUT2D eigenvalue weighted by Gasteiger charge is -2.22. The Labute approximate surface area is 127 Å². The minimum atomic E-state index is 0.766. The molecular formula is C19H23NO. The summed E-state index contributed by atoms with van der Waals surface area (Å²) in [6.45, 7) is 3.12. The van der Waals surface area contributed by atoms with Gasteiger partial charge in [-0.15, -0.1) is 0 Å². The third-order valence-electron chi connectivity index (χ3n) is 4.15. The number of rotatable bonds is 5. The van der Waals surface area contributed by atoms with Gasteiger partial charge in [-0.25, -0.2) is 0 Å². The van der Waals surface area contributed by atoms with Crippen molar-refractivity contribution in [3.05, 3.63) is 54.6 Å². The van der Waals surface area contributed by atoms with Crippen LogP contribution in [0.15, 0.2) is 54.6 Å². The Bertz CT molecular complexity index is 547. The first-order valence-electron chi connectivity index (χ1n) is 7.91. The molecule has 21 heavy (non-hydrogen) atoms. The summed E-state index contributed by atoms with van der Waals surface area (Å²) in [6, 6.07) is 18.8. The monoisotopic (exact) mass is 281 g/mol. The molecule has 2 nitrogen and oxygen atoms in total. The first-order valence-corrected chi connectivity index (χ1v) is 7.91. The van der Waals surface area contributed by atoms with E-state index in [1.54, 1.807) is 0 Å². The minimum absolute atomic E-state index is 0.766. The van der Waals surface area contributed by atoms with Gasteiger partial charge in [-0.2, -0.15) is 0 Å². The molecule has 1 N–H and O–H groups in total. The Morgan fingerprint density at radius 2 is 1.81 bits per heavy atom. The molecule has 2 aromatic carbocycles. The zero-order chi connectivity index (χ0) is 14.3. The van der Waals surface area contributed by atoms with Crippen LogP contribution in [0.5, 0.6) is 5.75 Å². The maximum Gasteiger partial charge on any atom is 0.127 e. The molecular weight excluding hydrogens is 258 g/mol. The molecule has 0 saturated carbocycles. The molecule has 2 aromatic rings. The van der Waals surface area contributed by atoms with Gasteiger partial charge >= 0.3 is 0 Å². The lowest BCUT2D eigenvalue weighted by atomic mass is 9.97. The topological polar surface area (TPSA) is 21.3 Å². The molecule has 0 aromatic heterocycles. The number of hydrogen-bond donors (Lipinski definition) is 1. The normalized spacial score (nSPS) is 18.4. The van der Waals surface area contributed by atoms with Gasteiger partial charge in [-0.3, -0.25) is 0 Å². The second kappa shape index (κ2) is 7.28. The summed E-state index contributed by atoms with van der Waals surface area (Å²) >= 11 is 0. The summed E-state index contributed by atoms with van der Waals surface area (Å²) in [6.07, 6.45) is 3.76. The molecule has 3 rings (SSSR count). The summed E-state index contributed by atoms with van der Waals surface area (Å²) in [7, 11) is 0. The summed E-state index contributed by atoms with van der Waals surface area (Å²) < 4.78 is 6.07. The maximum atomic E-state index is 6.07. The third-order valence-corrected chi connectivity index (χ3v) is 4.15. The lowest BCUT2D eigenvalue weighted by molar-refractivity contribution is 0.255. The van der Waals surface area contributed by atoms with Crippen molar-refractivity contribution in [1.29, 1.82) is 0 Å². The minimum Gasteiger partial charge on any atom is -0.493 e. The number of hydrogen-bond acceptors (Lipinski definition) is 2. The van der Waals surface area contributed by atoms with Crippen molar-refractivity contribution in [3.8, 4) is 16.9 Å². The molecule has 1 saturated heterocycles. The van der Waals surface area contributed by atoms with E-state index in [-0.39, 0.29) is 0 Å². The Morgan fingerprint density at radius 1 is 1.00 bits per heavy atom. The standard InChI is InChI=1S/C19H23NO/c1-2-8-17(9-3-1)18-10-4-5-11-19(18)21-14-12-16-7-6-13-20-15-16/h1-5,8-11,16,20H,6-7,12-15H2/t16-/m1/s1. The van der Waals surface area contributed by atoms with Crippen molar-refractivity contribution in [2.24, 2.45) is 5.92 Å². The highest BCUT2D eigenvalue weighted by molar-refractivity contribution is 5.70. The summed E-state index contributed by atoms with van der Waals surface area (Å²) in [4.78, 5) is 0. The first-order chi connectivity index (χ1) is 10.4. The Kier molecular flexibility index (Phi) is 4.90. The fourth-order valence-electron chi connectivity index (χ4n) is 2.95. The molecule has 0 aliphatic carbocycles. The molecule has 0 radical (unpaired) electrons. The zero-order valence-corrected chi connectivity index (χ0v) is 12.4. The van der Waals surface area contributed by atoms with Gasteiger partial charge in [0.15, 0.2) is 0 Å². The van der Waals surface area contributed by atoms with Crippen molar-refractivity contribution < 1.29 is 4.74 Å². The predicted octanol–water partition coefficient (Wildman–Crippen LogP) is 4.12. The SMILES string of the molecule is c1ccc(-c2ccccc2OCC[C@H]2CCCNC2)cc1. The number of benzene rings is 2. The van der Waals surface area contributed by atoms with Crippen LogP contribution in [0, 0.1) is 5.92 Å². The van der Waals surface area contributed by atoms with Crippen molar-refractivity contribution in [2.45, 2.75) is 19.3 Å². The number of para-hydroxylation sites is 1. The van der Waals surface area contributed by atoms with E-state index in [0.29, 0.717) is 0 Å². The molecule has 1 fully saturated rings. The number of nitrogens with one attached hydrogen (secondary N) is 1. The lowest BCUT2D eigenvalue weighted by Crippen LogP contribution is -2.30. The smallest absolute Gasteiger partial charge is 0.127 e. The molecule has 1 atom stereocenters. The maximum absolute atomic E-state index is 6.07. The average molecular weight is 281 g/mol. The van der Waals surface area contributed by atoms with Crippen molar-refractivity contribution in [2.75, 3.05) is 19.7 Å². The molecule has 2 heteroatoms. The van der Waals surface area contributed by atoms with Gasteiger partial charge in [-0.05, 0) is 49.9 Å². The van der Waals surface area contributed by atoms with Crippen LogP contribution in [0.2, 0.25) is 0 Å². The number of piperidine rings is 1. The summed E-state index contributed by atoms with van der Waals surface area (Å²) in [5, 5.41) is 3.47. The van der Waals surface area contributed by atoms with Crippen molar-refractivity contribution >= 4 is 0 Å². The Hall–Kier alpha value is -1.80. The van der Waals surface area contributed by atoms with Gasteiger partial charge in [0.05, 0.1) is 6.61 Å². The van der Waals surface area contributed by atoms with Crippen molar-refractivity contribution in [3.63, 3.8) is 0 Å². The molecule has 1 aliphatic heterocycles. The summed E-state index contributed by atoms with van der Waals surface area (Å²) in [5.41, 5.74) is 2.40. The van der Waals surface area contributed by atoms with Gasteiger partial charge < -0.3 is 10.1 Å². The molecule has 110 valence electrons. The highest BCUT2D eigenvalue weighted by Gasteiger charge is 2.13. The molecule has 0 spiro atoms. The largest absolute Gasteiger partial charge is 0.493 e. The second-order valence-electron chi connectivity index (χ2n) is 5.71. The van der Waals surface area contributed by atoms with Gasteiger partial charge in [0.1, 0.15) is 5.75 Å². The molecule has 0 amide bonds. The van der Waals surface area contributed by atoms with Gasteiger partial charge in [0.2, 0.25) is 0 Å². The van der Waals surface area contributed by atoms with E-state index < -0.39 is 0 Å². The van der Waals surface area contributed by atoms with E-state index in [1.807, 2.05) is 12.1 Å². The molecule has 0 unspecified atom stereocenters. The fraction of sp³-hybridized carbons (Fsp3) is 0.368. The first kappa shape index (κ1) is 14.2. The number of ether oxygens (including phenoxy) is 1. The van der Waals surface area contributed by atoms with E-state index in [2.05, 4.69) is 47.8 Å². The van der Waals surface area contributed by atoms with E-state index in [9.17, 15) is 0 Å². The van der Waals surface area contributed by atoms with Gasteiger partial charge in [0, 0.05) is 5.56 Å². The van der Waals surface area contributed by atoms with Crippen molar-refractivity contribution in [1.82, 2.24) is 5.32 Å².